The van der Waals surface area contributed by atoms with Gasteiger partial charge in [-0.15, -0.1) is 0 Å². The molecule has 0 atom stereocenters. The van der Waals surface area contributed by atoms with Gasteiger partial charge >= 0.3 is 12.2 Å². The molecule has 0 N–H and O–H groups in total. The van der Waals surface area contributed by atoms with Gasteiger partial charge in [0.25, 0.3) is 0 Å². The van der Waals surface area contributed by atoms with E-state index >= 15 is 0 Å². The van der Waals surface area contributed by atoms with E-state index < -0.39 is 23.3 Å². The van der Waals surface area contributed by atoms with Crippen molar-refractivity contribution in [3.63, 3.8) is 0 Å². The number of halogens is 2. The maximum absolute atomic E-state index is 13.6. The van der Waals surface area contributed by atoms with Crippen LogP contribution in [0.5, 0.6) is 0 Å². The van der Waals surface area contributed by atoms with Crippen LogP contribution in [0.2, 0.25) is 0 Å². The van der Waals surface area contributed by atoms with Crippen LogP contribution in [0.4, 0.5) is 8.78 Å². The molecule has 2 aliphatic carbocycles. The van der Waals surface area contributed by atoms with Crippen molar-refractivity contribution in [3.05, 3.63) is 93.1 Å². The number of nitriles is 7. The summed E-state index contributed by atoms with van der Waals surface area (Å²) in [6, 6.07) is 14.3. The maximum Gasteiger partial charge on any atom is 0.308 e. The van der Waals surface area contributed by atoms with Crippen LogP contribution < -0.4 is 0 Å². The highest BCUT2D eigenvalue weighted by atomic mass is 19.1. The molecule has 190 valence electrons. The standard InChI is InChI=1S/C29H5F2N11/c30-28-39-9-15(10-40-28)24-19(6-36)26-17(22(24)13(2-32)3-33)1-18-23(14(4-34)5-35)25(16-11-41-29(31)42-12-16)20(7-37)27(18)21(26)8-38/h1,9-12H. The molecular formula is C29H5F2N11. The van der Waals surface area contributed by atoms with Gasteiger partial charge in [0.1, 0.15) is 53.6 Å². The van der Waals surface area contributed by atoms with Gasteiger partial charge < -0.3 is 0 Å². The van der Waals surface area contributed by atoms with Gasteiger partial charge in [0.05, 0.1) is 16.7 Å². The number of aromatic nitrogens is 4. The zero-order valence-corrected chi connectivity index (χ0v) is 20.6. The van der Waals surface area contributed by atoms with E-state index in [0.717, 1.165) is 24.8 Å². The van der Waals surface area contributed by atoms with Crippen LogP contribution in [0, 0.1) is 91.5 Å². The predicted octanol–water partition coefficient (Wildman–Crippen LogP) is 3.91. The number of fused-ring (bicyclic) bond motifs is 2. The Labute approximate surface area is 234 Å². The third kappa shape index (κ3) is 3.65. The predicted molar refractivity (Wildman–Crippen MR) is 136 cm³/mol. The van der Waals surface area contributed by atoms with Crippen molar-refractivity contribution < 1.29 is 8.78 Å². The highest BCUT2D eigenvalue weighted by Crippen LogP contribution is 2.55. The van der Waals surface area contributed by atoms with Crippen molar-refractivity contribution in [1.82, 2.24) is 19.9 Å². The molecule has 2 heterocycles. The molecule has 0 unspecified atom stereocenters. The van der Waals surface area contributed by atoms with Crippen LogP contribution in [-0.4, -0.2) is 19.9 Å². The van der Waals surface area contributed by atoms with Crippen molar-refractivity contribution in [1.29, 1.82) is 36.8 Å². The topological polar surface area (TPSA) is 218 Å². The van der Waals surface area contributed by atoms with Crippen molar-refractivity contribution in [2.45, 2.75) is 0 Å². The lowest BCUT2D eigenvalue weighted by atomic mass is 9.87. The van der Waals surface area contributed by atoms with E-state index in [1.807, 2.05) is 18.2 Å². The molecule has 42 heavy (non-hydrogen) atoms. The van der Waals surface area contributed by atoms with E-state index in [1.54, 1.807) is 24.3 Å². The molecule has 1 aromatic carbocycles. The van der Waals surface area contributed by atoms with Gasteiger partial charge in [-0.3, -0.25) is 0 Å². The summed E-state index contributed by atoms with van der Waals surface area (Å²) < 4.78 is 27.1. The SMILES string of the molecule is N#CC(C#N)=C1C(c2cnc(F)nc2)=C(C#N)c2c1cc1c(c2C#N)C(C#N)=C(c2cnc(F)nc2)C1=C(C#N)C#N. The summed E-state index contributed by atoms with van der Waals surface area (Å²) in [7, 11) is 0. The molecule has 11 nitrogen and oxygen atoms in total. The van der Waals surface area contributed by atoms with E-state index in [9.17, 15) is 45.6 Å². The normalized spacial score (nSPS) is 12.5. The fraction of sp³-hybridized carbons (Fsp3) is 0. The van der Waals surface area contributed by atoms with E-state index in [0.29, 0.717) is 0 Å². The summed E-state index contributed by atoms with van der Waals surface area (Å²) >= 11 is 0. The molecule has 0 saturated carbocycles. The molecule has 2 aliphatic rings. The average molecular weight is 545 g/mol. The van der Waals surface area contributed by atoms with Gasteiger partial charge in [0.15, 0.2) is 0 Å². The second-order valence-corrected chi connectivity index (χ2v) is 8.36. The first-order valence-electron chi connectivity index (χ1n) is 11.4. The van der Waals surface area contributed by atoms with Crippen LogP contribution >= 0.6 is 0 Å². The first kappa shape index (κ1) is 26.2. The number of hydrogen-bond donors (Lipinski definition) is 0. The van der Waals surface area contributed by atoms with Crippen molar-refractivity contribution in [2.24, 2.45) is 0 Å². The smallest absolute Gasteiger partial charge is 0.210 e. The highest BCUT2D eigenvalue weighted by Gasteiger charge is 2.40. The summed E-state index contributed by atoms with van der Waals surface area (Å²) in [6.45, 7) is 0. The Morgan fingerprint density at radius 3 is 1.19 bits per heavy atom. The number of hydrogen-bond acceptors (Lipinski definition) is 11. The van der Waals surface area contributed by atoms with Gasteiger partial charge in [0, 0.05) is 69.3 Å². The Hall–Kier alpha value is -7.37. The second kappa shape index (κ2) is 10.1. The van der Waals surface area contributed by atoms with Crippen LogP contribution in [-0.2, 0) is 0 Å². The number of allylic oxidation sites excluding steroid dienone is 8. The second-order valence-electron chi connectivity index (χ2n) is 8.36. The molecule has 0 fully saturated rings. The van der Waals surface area contributed by atoms with Crippen molar-refractivity contribution >= 4 is 33.4 Å². The Morgan fingerprint density at radius 1 is 0.548 bits per heavy atom. The molecule has 0 aliphatic heterocycles. The third-order valence-electron chi connectivity index (χ3n) is 6.47. The first-order chi connectivity index (χ1) is 20.4. The van der Waals surface area contributed by atoms with Gasteiger partial charge in [-0.05, 0) is 17.2 Å². The summed E-state index contributed by atoms with van der Waals surface area (Å²) in [5, 5.41) is 70.2. The highest BCUT2D eigenvalue weighted by molar-refractivity contribution is 6.30. The number of nitrogens with zero attached hydrogens (tertiary/aromatic N) is 11. The molecular weight excluding hydrogens is 540 g/mol. The molecule has 5 rings (SSSR count). The van der Waals surface area contributed by atoms with E-state index in [4.69, 9.17) is 0 Å². The fourth-order valence-electron chi connectivity index (χ4n) is 4.95. The molecule has 0 radical (unpaired) electrons. The van der Waals surface area contributed by atoms with Crippen LogP contribution in [0.15, 0.2) is 42.0 Å². The van der Waals surface area contributed by atoms with Crippen molar-refractivity contribution in [2.75, 3.05) is 0 Å². The van der Waals surface area contributed by atoms with E-state index in [-0.39, 0.29) is 72.4 Å². The lowest BCUT2D eigenvalue weighted by Gasteiger charge is -2.13. The molecule has 0 amide bonds. The zero-order chi connectivity index (χ0) is 30.1. The zero-order valence-electron chi connectivity index (χ0n) is 20.6. The Bertz CT molecular complexity index is 2020. The Morgan fingerprint density at radius 2 is 0.905 bits per heavy atom. The lowest BCUT2D eigenvalue weighted by molar-refractivity contribution is 0.537. The molecule has 2 aromatic heterocycles. The Balaban J connectivity index is 2.02. The van der Waals surface area contributed by atoms with Crippen molar-refractivity contribution in [3.8, 4) is 42.5 Å². The van der Waals surface area contributed by atoms with Gasteiger partial charge in [-0.2, -0.15) is 45.6 Å². The minimum absolute atomic E-state index is 0.0286. The number of benzene rings is 1. The minimum atomic E-state index is -1.08. The van der Waals surface area contributed by atoms with Crippen LogP contribution in [0.3, 0.4) is 0 Å². The average Bonchev–Trinajstić information content (AvgIpc) is 3.51. The van der Waals surface area contributed by atoms with E-state index in [1.165, 1.54) is 6.07 Å². The Kier molecular flexibility index (Phi) is 6.29. The third-order valence-corrected chi connectivity index (χ3v) is 6.47. The molecule has 0 bridgehead atoms. The molecule has 13 heteroatoms. The monoisotopic (exact) mass is 545 g/mol. The molecule has 0 saturated heterocycles. The van der Waals surface area contributed by atoms with E-state index in [2.05, 4.69) is 19.9 Å². The summed E-state index contributed by atoms with van der Waals surface area (Å²) in [5.74, 6) is 0. The lowest BCUT2D eigenvalue weighted by Crippen LogP contribution is -2.00. The maximum atomic E-state index is 13.6. The van der Waals surface area contributed by atoms with Gasteiger partial charge in [-0.1, -0.05) is 0 Å². The summed E-state index contributed by atoms with van der Waals surface area (Å²) in [6.07, 6.45) is 1.99. The van der Waals surface area contributed by atoms with Crippen LogP contribution in [0.1, 0.15) is 38.9 Å². The summed E-state index contributed by atoms with van der Waals surface area (Å²) in [5.41, 5.74) is -1.80. The minimum Gasteiger partial charge on any atom is -0.210 e. The van der Waals surface area contributed by atoms with Gasteiger partial charge in [0.2, 0.25) is 0 Å². The largest absolute Gasteiger partial charge is 0.308 e. The summed E-state index contributed by atoms with van der Waals surface area (Å²) in [4.78, 5) is 14.0. The quantitative estimate of drug-likeness (QED) is 0.332. The molecule has 3 aromatic rings. The first-order valence-corrected chi connectivity index (χ1v) is 11.4. The van der Waals surface area contributed by atoms with Crippen LogP contribution in [0.25, 0.3) is 33.4 Å². The fourth-order valence-corrected chi connectivity index (χ4v) is 4.95. The number of rotatable bonds is 2. The molecule has 0 spiro atoms. The van der Waals surface area contributed by atoms with Gasteiger partial charge in [-0.25, -0.2) is 19.9 Å².